The maximum absolute atomic E-state index is 12.6. The molecule has 0 fully saturated rings. The Labute approximate surface area is 199 Å². The van der Waals surface area contributed by atoms with Gasteiger partial charge in [0, 0.05) is 28.5 Å². The Morgan fingerprint density at radius 2 is 1.82 bits per heavy atom. The number of nitrogens with zero attached hydrogens (tertiary/aromatic N) is 5. The minimum absolute atomic E-state index is 0.0912. The van der Waals surface area contributed by atoms with Crippen molar-refractivity contribution in [2.24, 2.45) is 0 Å². The molecule has 0 aliphatic heterocycles. The highest BCUT2D eigenvalue weighted by atomic mass is 32.2. The van der Waals surface area contributed by atoms with Crippen LogP contribution in [0, 0.1) is 13.8 Å². The summed E-state index contributed by atoms with van der Waals surface area (Å²) in [5, 5.41) is 10.4. The molecule has 1 aromatic carbocycles. The fraction of sp³-hybridized carbons (Fsp3) is 0.208. The molecule has 33 heavy (non-hydrogen) atoms. The molecular formula is C24H22N6OS2. The van der Waals surface area contributed by atoms with Crippen molar-refractivity contribution in [3.63, 3.8) is 0 Å². The normalized spacial score (nSPS) is 11.4. The second kappa shape index (κ2) is 8.92. The number of thiophene rings is 1. The monoisotopic (exact) mass is 474 g/mol. The summed E-state index contributed by atoms with van der Waals surface area (Å²) in [4.78, 5) is 26.3. The first-order valence-electron chi connectivity index (χ1n) is 10.6. The molecular weight excluding hydrogens is 452 g/mol. The summed E-state index contributed by atoms with van der Waals surface area (Å²) in [6, 6.07) is 12.2. The Bertz CT molecular complexity index is 1490. The molecule has 9 heteroatoms. The lowest BCUT2D eigenvalue weighted by Gasteiger charge is -2.11. The summed E-state index contributed by atoms with van der Waals surface area (Å²) in [6.45, 7) is 6.12. The average molecular weight is 475 g/mol. The van der Waals surface area contributed by atoms with E-state index in [-0.39, 0.29) is 5.56 Å². The number of rotatable bonds is 6. The third kappa shape index (κ3) is 4.09. The molecule has 0 saturated heterocycles. The van der Waals surface area contributed by atoms with Crippen molar-refractivity contribution in [3.05, 3.63) is 81.0 Å². The van der Waals surface area contributed by atoms with Crippen LogP contribution in [0.3, 0.4) is 0 Å². The van der Waals surface area contributed by atoms with E-state index in [9.17, 15) is 4.79 Å². The number of hydrogen-bond acceptors (Lipinski definition) is 7. The van der Waals surface area contributed by atoms with Gasteiger partial charge in [-0.25, -0.2) is 4.98 Å². The van der Waals surface area contributed by atoms with Gasteiger partial charge >= 0.3 is 0 Å². The average Bonchev–Trinajstić information content (AvgIpc) is 3.39. The zero-order valence-corrected chi connectivity index (χ0v) is 20.1. The minimum atomic E-state index is -0.0912. The van der Waals surface area contributed by atoms with Crippen LogP contribution in [0.25, 0.3) is 27.3 Å². The van der Waals surface area contributed by atoms with Crippen molar-refractivity contribution in [1.82, 2.24) is 29.7 Å². The molecule has 0 spiro atoms. The number of aromatic nitrogens is 6. The molecule has 5 rings (SSSR count). The van der Waals surface area contributed by atoms with Gasteiger partial charge in [0.2, 0.25) is 0 Å². The fourth-order valence-electron chi connectivity index (χ4n) is 3.67. The van der Waals surface area contributed by atoms with Crippen LogP contribution in [0.1, 0.15) is 28.8 Å². The van der Waals surface area contributed by atoms with Crippen molar-refractivity contribution in [2.75, 3.05) is 0 Å². The van der Waals surface area contributed by atoms with Crippen molar-refractivity contribution in [3.8, 4) is 17.1 Å². The molecule has 4 aromatic heterocycles. The van der Waals surface area contributed by atoms with Crippen LogP contribution in [0.15, 0.2) is 58.7 Å². The molecule has 5 aromatic rings. The van der Waals surface area contributed by atoms with Gasteiger partial charge in [0.15, 0.2) is 11.0 Å². The first kappa shape index (κ1) is 21.5. The highest BCUT2D eigenvalue weighted by molar-refractivity contribution is 7.98. The Morgan fingerprint density at radius 1 is 1.06 bits per heavy atom. The maximum atomic E-state index is 12.6. The number of H-pyrrole nitrogens is 1. The first-order valence-corrected chi connectivity index (χ1v) is 12.4. The predicted molar refractivity (Wildman–Crippen MR) is 133 cm³/mol. The highest BCUT2D eigenvalue weighted by Gasteiger charge is 2.18. The standard InChI is InChI=1S/C24H22N6OS2/c1-4-16-5-7-18(8-6-16)30-21(17-9-11-25-12-10-17)28-29-24(30)32-13-19-26-22(31)20-14(2)15(3)33-23(20)27-19/h5-12H,4,13H2,1-3H3,(H,26,27,31). The van der Waals surface area contributed by atoms with Crippen LogP contribution in [-0.2, 0) is 12.2 Å². The minimum Gasteiger partial charge on any atom is -0.309 e. The lowest BCUT2D eigenvalue weighted by Crippen LogP contribution is -2.11. The number of thioether (sulfide) groups is 1. The van der Waals surface area contributed by atoms with E-state index < -0.39 is 0 Å². The largest absolute Gasteiger partial charge is 0.309 e. The van der Waals surface area contributed by atoms with Gasteiger partial charge in [-0.05, 0) is 55.7 Å². The van der Waals surface area contributed by atoms with E-state index in [2.05, 4.69) is 51.4 Å². The van der Waals surface area contributed by atoms with Gasteiger partial charge in [0.05, 0.1) is 11.1 Å². The molecule has 0 bridgehead atoms. The molecule has 0 aliphatic carbocycles. The topological polar surface area (TPSA) is 89.4 Å². The van der Waals surface area contributed by atoms with E-state index in [4.69, 9.17) is 4.98 Å². The highest BCUT2D eigenvalue weighted by Crippen LogP contribution is 2.30. The molecule has 0 amide bonds. The lowest BCUT2D eigenvalue weighted by molar-refractivity contribution is 0.882. The predicted octanol–water partition coefficient (Wildman–Crippen LogP) is 5.10. The molecule has 4 heterocycles. The van der Waals surface area contributed by atoms with Gasteiger partial charge in [-0.2, -0.15) is 0 Å². The van der Waals surface area contributed by atoms with E-state index in [0.29, 0.717) is 17.0 Å². The number of benzene rings is 1. The third-order valence-electron chi connectivity index (χ3n) is 5.60. The third-order valence-corrected chi connectivity index (χ3v) is 7.64. The van der Waals surface area contributed by atoms with Crippen LogP contribution >= 0.6 is 23.1 Å². The van der Waals surface area contributed by atoms with Gasteiger partial charge < -0.3 is 4.98 Å². The quantitative estimate of drug-likeness (QED) is 0.345. The van der Waals surface area contributed by atoms with E-state index in [1.54, 1.807) is 23.7 Å². The molecule has 1 N–H and O–H groups in total. The van der Waals surface area contributed by atoms with Crippen LogP contribution in [0.4, 0.5) is 0 Å². The number of aromatic amines is 1. The van der Waals surface area contributed by atoms with Gasteiger partial charge in [-0.1, -0.05) is 30.8 Å². The van der Waals surface area contributed by atoms with Crippen molar-refractivity contribution in [2.45, 2.75) is 38.1 Å². The first-order chi connectivity index (χ1) is 16.0. The molecule has 0 unspecified atom stereocenters. The molecule has 0 radical (unpaired) electrons. The Balaban J connectivity index is 1.52. The summed E-state index contributed by atoms with van der Waals surface area (Å²) in [5.41, 5.74) is 4.09. The van der Waals surface area contributed by atoms with Crippen molar-refractivity contribution < 1.29 is 0 Å². The fourth-order valence-corrected chi connectivity index (χ4v) is 5.54. The summed E-state index contributed by atoms with van der Waals surface area (Å²) >= 11 is 3.05. The number of fused-ring (bicyclic) bond motifs is 1. The van der Waals surface area contributed by atoms with Crippen LogP contribution in [0.5, 0.6) is 0 Å². The van der Waals surface area contributed by atoms with Crippen LogP contribution < -0.4 is 5.56 Å². The second-order valence-electron chi connectivity index (χ2n) is 7.66. The number of pyridine rings is 1. The molecule has 166 valence electrons. The summed E-state index contributed by atoms with van der Waals surface area (Å²) < 4.78 is 2.04. The van der Waals surface area contributed by atoms with Gasteiger partial charge in [-0.15, -0.1) is 21.5 Å². The Kier molecular flexibility index (Phi) is 5.82. The number of aryl methyl sites for hydroxylation is 3. The lowest BCUT2D eigenvalue weighted by atomic mass is 10.1. The Morgan fingerprint density at radius 3 is 2.55 bits per heavy atom. The van der Waals surface area contributed by atoms with Crippen molar-refractivity contribution >= 4 is 33.3 Å². The zero-order chi connectivity index (χ0) is 22.9. The maximum Gasteiger partial charge on any atom is 0.259 e. The summed E-state index contributed by atoms with van der Waals surface area (Å²) in [6.07, 6.45) is 4.47. The van der Waals surface area contributed by atoms with Crippen LogP contribution in [0.2, 0.25) is 0 Å². The second-order valence-corrected chi connectivity index (χ2v) is 9.81. The van der Waals surface area contributed by atoms with Gasteiger partial charge in [0.1, 0.15) is 10.7 Å². The summed E-state index contributed by atoms with van der Waals surface area (Å²) in [5.74, 6) is 1.84. The van der Waals surface area contributed by atoms with E-state index >= 15 is 0 Å². The molecule has 0 saturated carbocycles. The number of nitrogens with one attached hydrogen (secondary N) is 1. The van der Waals surface area contributed by atoms with E-state index in [1.807, 2.05) is 30.5 Å². The van der Waals surface area contributed by atoms with Crippen molar-refractivity contribution in [1.29, 1.82) is 0 Å². The molecule has 0 atom stereocenters. The summed E-state index contributed by atoms with van der Waals surface area (Å²) in [7, 11) is 0. The SMILES string of the molecule is CCc1ccc(-n2c(SCc3nc4sc(C)c(C)c4c(=O)[nH]3)nnc2-c2ccncc2)cc1. The Hall–Kier alpha value is -3.30. The zero-order valence-electron chi connectivity index (χ0n) is 18.5. The van der Waals surface area contributed by atoms with Crippen LogP contribution in [-0.4, -0.2) is 29.7 Å². The number of hydrogen-bond donors (Lipinski definition) is 1. The van der Waals surface area contributed by atoms with E-state index in [1.165, 1.54) is 17.3 Å². The molecule has 7 nitrogen and oxygen atoms in total. The smallest absolute Gasteiger partial charge is 0.259 e. The van der Waals surface area contributed by atoms with E-state index in [0.717, 1.165) is 43.9 Å². The molecule has 0 aliphatic rings. The van der Waals surface area contributed by atoms with Gasteiger partial charge in [-0.3, -0.25) is 14.3 Å². The van der Waals surface area contributed by atoms with Gasteiger partial charge in [0.25, 0.3) is 5.56 Å².